The molecule has 0 bridgehead atoms. The maximum Gasteiger partial charge on any atom is 0.300 e. The molecule has 1 saturated heterocycles. The first-order valence-corrected chi connectivity index (χ1v) is 10.3. The van der Waals surface area contributed by atoms with Crippen LogP contribution < -0.4 is 4.90 Å². The van der Waals surface area contributed by atoms with Gasteiger partial charge in [0.25, 0.3) is 17.4 Å². The number of thiophene rings is 1. The SMILES string of the molecule is Cc1ccc(N2C(=O)C(=O)/C(=C(\O)c3cccc([N+](=O)[O-])c3)C2c2sccc2C)cc1. The number of rotatable bonds is 4. The first-order valence-electron chi connectivity index (χ1n) is 9.46. The Kier molecular flexibility index (Phi) is 5.16. The van der Waals surface area contributed by atoms with Gasteiger partial charge in [-0.3, -0.25) is 24.6 Å². The lowest BCUT2D eigenvalue weighted by atomic mass is 9.98. The van der Waals surface area contributed by atoms with Crippen molar-refractivity contribution in [3.05, 3.63) is 97.2 Å². The number of aliphatic hydroxyl groups is 1. The van der Waals surface area contributed by atoms with E-state index in [1.807, 2.05) is 37.4 Å². The molecule has 156 valence electrons. The van der Waals surface area contributed by atoms with Crippen LogP contribution in [0.2, 0.25) is 0 Å². The number of hydrogen-bond acceptors (Lipinski definition) is 6. The number of aryl methyl sites for hydroxylation is 2. The van der Waals surface area contributed by atoms with Gasteiger partial charge in [0.1, 0.15) is 11.8 Å². The number of carbonyl (C=O) groups excluding carboxylic acids is 2. The normalized spacial score (nSPS) is 17.9. The smallest absolute Gasteiger partial charge is 0.300 e. The Morgan fingerprint density at radius 1 is 1.10 bits per heavy atom. The number of ketones is 1. The second kappa shape index (κ2) is 7.81. The number of hydrogen-bond donors (Lipinski definition) is 1. The zero-order chi connectivity index (χ0) is 22.3. The number of nitro benzene ring substituents is 1. The second-order valence-corrected chi connectivity index (χ2v) is 8.23. The van der Waals surface area contributed by atoms with Crippen molar-refractivity contribution < 1.29 is 19.6 Å². The van der Waals surface area contributed by atoms with Crippen LogP contribution in [0, 0.1) is 24.0 Å². The quantitative estimate of drug-likeness (QED) is 0.207. The molecule has 1 aromatic heterocycles. The summed E-state index contributed by atoms with van der Waals surface area (Å²) in [6.07, 6.45) is 0. The van der Waals surface area contributed by atoms with Crippen LogP contribution in [-0.4, -0.2) is 21.7 Å². The van der Waals surface area contributed by atoms with E-state index in [0.29, 0.717) is 5.69 Å². The summed E-state index contributed by atoms with van der Waals surface area (Å²) < 4.78 is 0. The summed E-state index contributed by atoms with van der Waals surface area (Å²) in [7, 11) is 0. The fourth-order valence-corrected chi connectivity index (χ4v) is 4.66. The van der Waals surface area contributed by atoms with E-state index in [2.05, 4.69) is 0 Å². The van der Waals surface area contributed by atoms with Crippen LogP contribution in [-0.2, 0) is 9.59 Å². The molecule has 3 aromatic rings. The molecule has 31 heavy (non-hydrogen) atoms. The van der Waals surface area contributed by atoms with Gasteiger partial charge in [0.05, 0.1) is 10.5 Å². The third-order valence-electron chi connectivity index (χ3n) is 5.24. The fraction of sp³-hybridized carbons (Fsp3) is 0.130. The van der Waals surface area contributed by atoms with Gasteiger partial charge in [0, 0.05) is 28.3 Å². The molecule has 1 fully saturated rings. The number of benzene rings is 2. The van der Waals surface area contributed by atoms with Gasteiger partial charge in [-0.2, -0.15) is 0 Å². The maximum absolute atomic E-state index is 13.1. The van der Waals surface area contributed by atoms with Crippen molar-refractivity contribution in [1.29, 1.82) is 0 Å². The van der Waals surface area contributed by atoms with Crippen LogP contribution in [0.15, 0.2) is 65.6 Å². The van der Waals surface area contributed by atoms with E-state index < -0.39 is 28.4 Å². The predicted octanol–water partition coefficient (Wildman–Crippen LogP) is 4.90. The Morgan fingerprint density at radius 2 is 1.81 bits per heavy atom. The lowest BCUT2D eigenvalue weighted by Gasteiger charge is -2.25. The molecule has 1 atom stereocenters. The van der Waals surface area contributed by atoms with Gasteiger partial charge in [0.15, 0.2) is 0 Å². The summed E-state index contributed by atoms with van der Waals surface area (Å²) in [6, 6.07) is 13.6. The molecule has 0 saturated carbocycles. The maximum atomic E-state index is 13.1. The largest absolute Gasteiger partial charge is 0.507 e. The lowest BCUT2D eigenvalue weighted by Crippen LogP contribution is -2.29. The zero-order valence-electron chi connectivity index (χ0n) is 16.7. The van der Waals surface area contributed by atoms with Crippen molar-refractivity contribution in [3.8, 4) is 0 Å². The summed E-state index contributed by atoms with van der Waals surface area (Å²) in [5.41, 5.74) is 2.20. The third kappa shape index (κ3) is 3.51. The van der Waals surface area contributed by atoms with Gasteiger partial charge in [-0.25, -0.2) is 0 Å². The van der Waals surface area contributed by atoms with E-state index in [1.54, 1.807) is 12.1 Å². The fourth-order valence-electron chi connectivity index (χ4n) is 3.64. The van der Waals surface area contributed by atoms with Crippen LogP contribution in [0.4, 0.5) is 11.4 Å². The van der Waals surface area contributed by atoms with Crippen LogP contribution in [0.25, 0.3) is 5.76 Å². The van der Waals surface area contributed by atoms with Crippen LogP contribution >= 0.6 is 11.3 Å². The minimum absolute atomic E-state index is 0.0865. The van der Waals surface area contributed by atoms with Crippen LogP contribution in [0.1, 0.15) is 27.6 Å². The Balaban J connectivity index is 1.95. The highest BCUT2D eigenvalue weighted by Crippen LogP contribution is 2.44. The van der Waals surface area contributed by atoms with Gasteiger partial charge in [-0.05, 0) is 43.0 Å². The third-order valence-corrected chi connectivity index (χ3v) is 6.31. The summed E-state index contributed by atoms with van der Waals surface area (Å²) in [5.74, 6) is -2.02. The Hall–Kier alpha value is -3.78. The molecule has 1 aliphatic heterocycles. The highest BCUT2D eigenvalue weighted by molar-refractivity contribution is 7.10. The molecule has 1 aliphatic rings. The number of amides is 1. The number of aliphatic hydroxyl groups excluding tert-OH is 1. The lowest BCUT2D eigenvalue weighted by molar-refractivity contribution is -0.384. The standard InChI is InChI=1S/C23H18N2O5S/c1-13-6-8-16(9-7-13)24-19(22-14(2)10-11-31-22)18(21(27)23(24)28)20(26)15-4-3-5-17(12-15)25(29)30/h3-12,19,26H,1-2H3/b20-18-. The average molecular weight is 434 g/mol. The van der Waals surface area contributed by atoms with Gasteiger partial charge >= 0.3 is 0 Å². The van der Waals surface area contributed by atoms with E-state index in [0.717, 1.165) is 16.0 Å². The van der Waals surface area contributed by atoms with Crippen molar-refractivity contribution in [2.24, 2.45) is 0 Å². The van der Waals surface area contributed by atoms with E-state index >= 15 is 0 Å². The van der Waals surface area contributed by atoms with Gasteiger partial charge in [0.2, 0.25) is 0 Å². The van der Waals surface area contributed by atoms with Crippen molar-refractivity contribution >= 4 is 40.2 Å². The van der Waals surface area contributed by atoms with Gasteiger partial charge < -0.3 is 5.11 Å². The van der Waals surface area contributed by atoms with Gasteiger partial charge in [-0.1, -0.05) is 29.8 Å². The number of anilines is 1. The van der Waals surface area contributed by atoms with Crippen LogP contribution in [0.3, 0.4) is 0 Å². The number of carbonyl (C=O) groups is 2. The summed E-state index contributed by atoms with van der Waals surface area (Å²) in [4.78, 5) is 38.8. The predicted molar refractivity (Wildman–Crippen MR) is 118 cm³/mol. The van der Waals surface area contributed by atoms with E-state index in [1.165, 1.54) is 40.5 Å². The van der Waals surface area contributed by atoms with E-state index in [-0.39, 0.29) is 16.8 Å². The highest BCUT2D eigenvalue weighted by Gasteiger charge is 2.47. The summed E-state index contributed by atoms with van der Waals surface area (Å²) in [5, 5.41) is 24.1. The van der Waals surface area contributed by atoms with Gasteiger partial charge in [-0.15, -0.1) is 11.3 Å². The molecule has 4 rings (SSSR count). The molecule has 8 heteroatoms. The van der Waals surface area contributed by atoms with Crippen molar-refractivity contribution in [1.82, 2.24) is 0 Å². The number of Topliss-reactive ketones (excluding diaryl/α,β-unsaturated/α-hetero) is 1. The molecule has 1 N–H and O–H groups in total. The van der Waals surface area contributed by atoms with Crippen molar-refractivity contribution in [2.45, 2.75) is 19.9 Å². The molecular weight excluding hydrogens is 416 g/mol. The average Bonchev–Trinajstić information content (AvgIpc) is 3.29. The molecule has 1 unspecified atom stereocenters. The first-order chi connectivity index (χ1) is 14.8. The minimum Gasteiger partial charge on any atom is -0.507 e. The van der Waals surface area contributed by atoms with E-state index in [4.69, 9.17) is 0 Å². The zero-order valence-corrected chi connectivity index (χ0v) is 17.6. The molecule has 2 heterocycles. The molecule has 7 nitrogen and oxygen atoms in total. The summed E-state index contributed by atoms with van der Waals surface area (Å²) in [6.45, 7) is 3.79. The Morgan fingerprint density at radius 3 is 2.42 bits per heavy atom. The molecule has 0 spiro atoms. The molecule has 2 aromatic carbocycles. The van der Waals surface area contributed by atoms with Crippen molar-refractivity contribution in [3.63, 3.8) is 0 Å². The molecule has 0 radical (unpaired) electrons. The molecule has 1 amide bonds. The Bertz CT molecular complexity index is 1240. The van der Waals surface area contributed by atoms with Crippen LogP contribution in [0.5, 0.6) is 0 Å². The number of non-ortho nitro benzene ring substituents is 1. The first kappa shape index (κ1) is 20.5. The monoisotopic (exact) mass is 434 g/mol. The minimum atomic E-state index is -0.832. The second-order valence-electron chi connectivity index (χ2n) is 7.28. The van der Waals surface area contributed by atoms with Crippen molar-refractivity contribution in [2.75, 3.05) is 4.90 Å². The topological polar surface area (TPSA) is 101 Å². The number of nitrogens with zero attached hydrogens (tertiary/aromatic N) is 2. The van der Waals surface area contributed by atoms with E-state index in [9.17, 15) is 24.8 Å². The Labute approximate surface area is 182 Å². The molecular formula is C23H18N2O5S. The number of nitro groups is 1. The molecule has 0 aliphatic carbocycles. The highest BCUT2D eigenvalue weighted by atomic mass is 32.1. The summed E-state index contributed by atoms with van der Waals surface area (Å²) >= 11 is 1.38.